The number of ether oxygens (including phenoxy) is 1. The molecule has 0 heterocycles. The van der Waals surface area contributed by atoms with Gasteiger partial charge < -0.3 is 18.9 Å². The fraction of sp³-hybridized carbons (Fsp3) is 0.586. The van der Waals surface area contributed by atoms with E-state index in [-0.39, 0.29) is 28.9 Å². The van der Waals surface area contributed by atoms with Gasteiger partial charge in [-0.2, -0.15) is 0 Å². The lowest BCUT2D eigenvalue weighted by molar-refractivity contribution is -0.144. The Hall–Kier alpha value is -1.27. The molecule has 200 valence electrons. The number of hydrogen-bond acceptors (Lipinski definition) is 3. The van der Waals surface area contributed by atoms with E-state index in [2.05, 4.69) is 83.1 Å². The Morgan fingerprint density at radius 2 is 1.28 bits per heavy atom. The smallest absolute Gasteiger partial charge is 0.357 e. The minimum Gasteiger partial charge on any atom is -0.404 e. The molecule has 0 radical (unpaired) electrons. The maximum Gasteiger partial charge on any atom is 0.357 e. The maximum atomic E-state index is 13.0. The van der Waals surface area contributed by atoms with Gasteiger partial charge in [-0.15, -0.1) is 0 Å². The van der Waals surface area contributed by atoms with Crippen molar-refractivity contribution in [2.24, 2.45) is 17.3 Å². The number of hydrogen-bond donors (Lipinski definition) is 2. The van der Waals surface area contributed by atoms with Crippen molar-refractivity contribution < 1.29 is 23.5 Å². The Bertz CT molecular complexity index is 1020. The van der Waals surface area contributed by atoms with Gasteiger partial charge in [0.2, 0.25) is 0 Å². The van der Waals surface area contributed by atoms with Gasteiger partial charge in [0.1, 0.15) is 0 Å². The van der Waals surface area contributed by atoms with E-state index in [1.165, 1.54) is 10.4 Å². The second-order valence-electron chi connectivity index (χ2n) is 12.7. The average molecular weight is 533 g/mol. The molecule has 5 nitrogen and oxygen atoms in total. The first-order valence-corrected chi connectivity index (χ1v) is 16.5. The topological polar surface area (TPSA) is 76.0 Å². The van der Waals surface area contributed by atoms with Crippen molar-refractivity contribution >= 4 is 26.3 Å². The zero-order valence-corrected chi connectivity index (χ0v) is 25.3. The molecule has 0 bridgehead atoms. The summed E-state index contributed by atoms with van der Waals surface area (Å²) in [6.07, 6.45) is 0.680. The lowest BCUT2D eigenvalue weighted by atomic mass is 9.94. The normalized spacial score (nSPS) is 20.7. The van der Waals surface area contributed by atoms with Crippen LogP contribution >= 0.6 is 7.60 Å². The van der Waals surface area contributed by atoms with Crippen LogP contribution in [0, 0.1) is 17.3 Å². The fourth-order valence-corrected chi connectivity index (χ4v) is 12.3. The van der Waals surface area contributed by atoms with Crippen molar-refractivity contribution in [1.82, 2.24) is 0 Å². The summed E-state index contributed by atoms with van der Waals surface area (Å²) in [5.74, 6) is -0.751. The van der Waals surface area contributed by atoms with E-state index in [9.17, 15) is 14.4 Å². The zero-order valence-electron chi connectivity index (χ0n) is 23.4. The van der Waals surface area contributed by atoms with Gasteiger partial charge in [0.25, 0.3) is 8.32 Å². The minimum atomic E-state index is -4.61. The molecule has 1 aliphatic carbocycles. The van der Waals surface area contributed by atoms with E-state index < -0.39 is 26.9 Å². The third-order valence-corrected chi connectivity index (χ3v) is 15.3. The summed E-state index contributed by atoms with van der Waals surface area (Å²) < 4.78 is 27.0. The molecule has 1 atom stereocenters. The average Bonchev–Trinajstić information content (AvgIpc) is 3.31. The van der Waals surface area contributed by atoms with Crippen LogP contribution in [0.3, 0.4) is 0 Å². The lowest BCUT2D eigenvalue weighted by Crippen LogP contribution is -2.67. The first-order valence-electron chi connectivity index (χ1n) is 13.0. The zero-order chi connectivity index (χ0) is 27.2. The molecule has 0 spiro atoms. The Morgan fingerprint density at radius 1 is 0.889 bits per heavy atom. The van der Waals surface area contributed by atoms with Crippen molar-refractivity contribution in [2.75, 3.05) is 6.61 Å². The van der Waals surface area contributed by atoms with Gasteiger partial charge in [0.15, 0.2) is 5.34 Å². The fourth-order valence-electron chi connectivity index (χ4n) is 6.05. The largest absolute Gasteiger partial charge is 0.404 e. The highest BCUT2D eigenvalue weighted by molar-refractivity contribution is 7.53. The molecule has 1 saturated carbocycles. The predicted octanol–water partition coefficient (Wildman–Crippen LogP) is 5.93. The minimum absolute atomic E-state index is 0.202. The monoisotopic (exact) mass is 532 g/mol. The van der Waals surface area contributed by atoms with Gasteiger partial charge >= 0.3 is 7.60 Å². The van der Waals surface area contributed by atoms with E-state index >= 15 is 0 Å². The van der Waals surface area contributed by atoms with E-state index in [0.717, 1.165) is 0 Å². The van der Waals surface area contributed by atoms with Crippen molar-refractivity contribution in [3.8, 4) is 0 Å². The van der Waals surface area contributed by atoms with Crippen LogP contribution in [0.15, 0.2) is 60.7 Å². The highest BCUT2D eigenvalue weighted by Gasteiger charge is 2.70. The van der Waals surface area contributed by atoms with Crippen LogP contribution < -0.4 is 10.4 Å². The highest BCUT2D eigenvalue weighted by atomic mass is 31.2. The van der Waals surface area contributed by atoms with E-state index in [4.69, 9.17) is 9.16 Å². The summed E-state index contributed by atoms with van der Waals surface area (Å²) in [6.45, 7) is 18.5. The second kappa shape index (κ2) is 9.80. The van der Waals surface area contributed by atoms with Gasteiger partial charge in [-0.25, -0.2) is 0 Å². The van der Waals surface area contributed by atoms with Crippen molar-refractivity contribution in [3.05, 3.63) is 60.7 Å². The molecule has 2 aromatic carbocycles. The number of rotatable bonds is 10. The molecule has 0 amide bonds. The number of benzene rings is 2. The molecule has 1 aliphatic rings. The quantitative estimate of drug-likeness (QED) is 0.293. The van der Waals surface area contributed by atoms with Crippen LogP contribution in [-0.4, -0.2) is 35.7 Å². The SMILES string of the molecule is CC(C)C(OC1(CO[Si](c2ccccc2)(c2ccccc2)C(C)(C)C)CC1(C)C)(C(C)C)P(=O)(O)O. The third-order valence-electron chi connectivity index (χ3n) is 8.24. The Labute approximate surface area is 218 Å². The molecule has 2 N–H and O–H groups in total. The Morgan fingerprint density at radius 3 is 1.56 bits per heavy atom. The molecule has 7 heteroatoms. The van der Waals surface area contributed by atoms with Gasteiger partial charge in [0, 0.05) is 0 Å². The van der Waals surface area contributed by atoms with Crippen molar-refractivity contribution in [3.63, 3.8) is 0 Å². The van der Waals surface area contributed by atoms with E-state index in [1.54, 1.807) is 0 Å². The molecular weight excluding hydrogens is 487 g/mol. The molecule has 1 fully saturated rings. The molecule has 0 aromatic heterocycles. The third kappa shape index (κ3) is 4.81. The summed E-state index contributed by atoms with van der Waals surface area (Å²) >= 11 is 0. The molecule has 1 unspecified atom stereocenters. The van der Waals surface area contributed by atoms with Crippen LogP contribution in [0.25, 0.3) is 0 Å². The van der Waals surface area contributed by atoms with E-state index in [0.29, 0.717) is 6.42 Å². The Kier molecular flexibility index (Phi) is 7.97. The van der Waals surface area contributed by atoms with Gasteiger partial charge in [0.05, 0.1) is 12.2 Å². The molecule has 2 aromatic rings. The second-order valence-corrected chi connectivity index (χ2v) is 18.8. The summed E-state index contributed by atoms with van der Waals surface area (Å²) in [5, 5.41) is 0.555. The van der Waals surface area contributed by atoms with Crippen molar-refractivity contribution in [2.45, 2.75) is 84.7 Å². The first kappa shape index (κ1) is 29.3. The first-order chi connectivity index (χ1) is 16.5. The highest BCUT2D eigenvalue weighted by Crippen LogP contribution is 2.68. The van der Waals surface area contributed by atoms with Crippen LogP contribution in [0.5, 0.6) is 0 Å². The van der Waals surface area contributed by atoms with Gasteiger partial charge in [-0.3, -0.25) is 4.57 Å². The Balaban J connectivity index is 2.14. The van der Waals surface area contributed by atoms with Crippen molar-refractivity contribution in [1.29, 1.82) is 0 Å². The summed E-state index contributed by atoms with van der Waals surface area (Å²) in [6, 6.07) is 20.9. The van der Waals surface area contributed by atoms with Gasteiger partial charge in [-0.05, 0) is 39.1 Å². The predicted molar refractivity (Wildman–Crippen MR) is 150 cm³/mol. The summed E-state index contributed by atoms with van der Waals surface area (Å²) in [5.41, 5.74) is -1.07. The van der Waals surface area contributed by atoms with Crippen LogP contribution in [0.2, 0.25) is 5.04 Å². The summed E-state index contributed by atoms with van der Waals surface area (Å²) in [7, 11) is -7.44. The van der Waals surface area contributed by atoms with Crippen LogP contribution in [0.4, 0.5) is 0 Å². The van der Waals surface area contributed by atoms with Crippen LogP contribution in [-0.2, 0) is 13.7 Å². The molecular formula is C29H45O5PSi. The maximum absolute atomic E-state index is 13.0. The molecule has 3 rings (SSSR count). The standard InChI is InChI=1S/C29H45O5PSi/c1-22(2)29(23(3)4,35(30,31)32)34-28(20-27(28,8)9)21-33-36(26(5,6)7,24-16-12-10-13-17-24)25-18-14-11-15-19-25/h10-19,22-23H,20-21H2,1-9H3,(H2,30,31,32). The van der Waals surface area contributed by atoms with Crippen LogP contribution in [0.1, 0.15) is 68.7 Å². The van der Waals surface area contributed by atoms with Gasteiger partial charge in [-0.1, -0.05) is 123 Å². The summed E-state index contributed by atoms with van der Waals surface area (Å²) in [4.78, 5) is 21.2. The lowest BCUT2D eigenvalue weighted by Gasteiger charge is -2.47. The molecule has 36 heavy (non-hydrogen) atoms. The van der Waals surface area contributed by atoms with E-state index in [1.807, 2.05) is 39.8 Å². The molecule has 0 saturated heterocycles. The molecule has 0 aliphatic heterocycles.